The summed E-state index contributed by atoms with van der Waals surface area (Å²) in [6.45, 7) is 5.42. The molecule has 0 aliphatic carbocycles. The number of halogens is 3. The van der Waals surface area contributed by atoms with Gasteiger partial charge < -0.3 is 15.4 Å². The molecule has 1 heterocycles. The maximum atomic E-state index is 12.8. The number of anilines is 1. The fraction of sp³-hybridized carbons (Fsp3) is 0.533. The Morgan fingerprint density at radius 3 is 2.50 bits per heavy atom. The van der Waals surface area contributed by atoms with Crippen molar-refractivity contribution in [2.75, 3.05) is 4.90 Å². The zero-order valence-electron chi connectivity index (χ0n) is 12.6. The van der Waals surface area contributed by atoms with Gasteiger partial charge >= 0.3 is 6.18 Å². The molecule has 2 atom stereocenters. The summed E-state index contributed by atoms with van der Waals surface area (Å²) in [5, 5.41) is 0. The number of alkyl halides is 3. The predicted octanol–water partition coefficient (Wildman–Crippen LogP) is 3.16. The van der Waals surface area contributed by atoms with Crippen LogP contribution in [0.25, 0.3) is 0 Å². The molecule has 0 aromatic heterocycles. The highest BCUT2D eigenvalue weighted by Crippen LogP contribution is 2.40. The van der Waals surface area contributed by atoms with Crippen molar-refractivity contribution in [2.24, 2.45) is 5.73 Å². The van der Waals surface area contributed by atoms with Gasteiger partial charge in [0.25, 0.3) is 5.91 Å². The Morgan fingerprint density at radius 1 is 1.36 bits per heavy atom. The summed E-state index contributed by atoms with van der Waals surface area (Å²) >= 11 is 0. The van der Waals surface area contributed by atoms with Gasteiger partial charge in [-0.05, 0) is 38.0 Å². The first-order chi connectivity index (χ1) is 10.2. The van der Waals surface area contributed by atoms with E-state index in [-0.39, 0.29) is 17.5 Å². The number of ether oxygens (including phenoxy) is 1. The highest BCUT2D eigenvalue weighted by molar-refractivity contribution is 6.00. The normalized spacial score (nSPS) is 19.9. The van der Waals surface area contributed by atoms with Crippen molar-refractivity contribution in [1.82, 2.24) is 0 Å². The first-order valence-electron chi connectivity index (χ1n) is 7.12. The van der Waals surface area contributed by atoms with Crippen molar-refractivity contribution in [1.29, 1.82) is 0 Å². The van der Waals surface area contributed by atoms with Gasteiger partial charge in [0.1, 0.15) is 11.8 Å². The lowest BCUT2D eigenvalue weighted by molar-refractivity contribution is -0.149. The third kappa shape index (κ3) is 2.90. The van der Waals surface area contributed by atoms with Crippen molar-refractivity contribution in [3.63, 3.8) is 0 Å². The molecule has 22 heavy (non-hydrogen) atoms. The minimum atomic E-state index is -4.54. The summed E-state index contributed by atoms with van der Waals surface area (Å²) in [5.41, 5.74) is 5.49. The molecular formula is C15H19F3N2O2. The molecule has 0 bridgehead atoms. The zero-order valence-corrected chi connectivity index (χ0v) is 12.6. The second-order valence-corrected chi connectivity index (χ2v) is 5.56. The molecule has 1 aromatic carbocycles. The average molecular weight is 316 g/mol. The summed E-state index contributed by atoms with van der Waals surface area (Å²) in [6, 6.07) is 1.74. The number of amides is 1. The minimum Gasteiger partial charge on any atom is -0.478 e. The van der Waals surface area contributed by atoms with Crippen LogP contribution in [0, 0.1) is 0 Å². The van der Waals surface area contributed by atoms with Crippen molar-refractivity contribution >= 4 is 11.6 Å². The van der Waals surface area contributed by atoms with Gasteiger partial charge in [-0.2, -0.15) is 13.2 Å². The van der Waals surface area contributed by atoms with Crippen LogP contribution in [0.1, 0.15) is 38.8 Å². The summed E-state index contributed by atoms with van der Waals surface area (Å²) in [7, 11) is 0. The number of hydrogen-bond acceptors (Lipinski definition) is 3. The van der Waals surface area contributed by atoms with E-state index in [2.05, 4.69) is 0 Å². The van der Waals surface area contributed by atoms with Crippen LogP contribution in [0.2, 0.25) is 0 Å². The number of benzene rings is 1. The van der Waals surface area contributed by atoms with E-state index in [1.165, 1.54) is 23.1 Å². The topological polar surface area (TPSA) is 55.6 Å². The highest BCUT2D eigenvalue weighted by Gasteiger charge is 2.40. The third-order valence-electron chi connectivity index (χ3n) is 3.62. The van der Waals surface area contributed by atoms with E-state index in [4.69, 9.17) is 10.5 Å². The van der Waals surface area contributed by atoms with Crippen LogP contribution >= 0.6 is 0 Å². The molecule has 1 aliphatic heterocycles. The number of carbonyl (C=O) groups excluding carboxylic acids is 1. The average Bonchev–Trinajstić information content (AvgIpc) is 2.43. The fourth-order valence-corrected chi connectivity index (χ4v) is 2.47. The van der Waals surface area contributed by atoms with E-state index in [9.17, 15) is 18.0 Å². The van der Waals surface area contributed by atoms with Crippen LogP contribution in [-0.2, 0) is 4.79 Å². The summed E-state index contributed by atoms with van der Waals surface area (Å²) in [6.07, 6.45) is -4.66. The Balaban J connectivity index is 2.49. The number of nitrogens with two attached hydrogens (primary N) is 1. The van der Waals surface area contributed by atoms with Gasteiger partial charge in [-0.15, -0.1) is 0 Å². The lowest BCUT2D eigenvalue weighted by Gasteiger charge is -2.37. The van der Waals surface area contributed by atoms with Gasteiger partial charge in [0.05, 0.1) is 5.69 Å². The Labute approximate surface area is 127 Å². The van der Waals surface area contributed by atoms with Crippen molar-refractivity contribution < 1.29 is 22.7 Å². The molecule has 1 aliphatic rings. The van der Waals surface area contributed by atoms with Crippen LogP contribution in [0.15, 0.2) is 18.2 Å². The number of carbonyl (C=O) groups is 1. The molecule has 0 radical (unpaired) electrons. The van der Waals surface area contributed by atoms with Gasteiger partial charge in [0.15, 0.2) is 6.10 Å². The largest absolute Gasteiger partial charge is 0.478 e. The van der Waals surface area contributed by atoms with Crippen LogP contribution < -0.4 is 15.4 Å². The molecule has 1 amide bonds. The lowest BCUT2D eigenvalue weighted by atomic mass is 10.0. The summed E-state index contributed by atoms with van der Waals surface area (Å²) in [4.78, 5) is 13.9. The highest BCUT2D eigenvalue weighted by atomic mass is 19.4. The molecule has 122 valence electrons. The molecule has 2 rings (SSSR count). The second kappa shape index (κ2) is 5.79. The van der Waals surface area contributed by atoms with Gasteiger partial charge in [0, 0.05) is 6.04 Å². The Morgan fingerprint density at radius 2 is 2.00 bits per heavy atom. The molecule has 0 fully saturated rings. The SMILES string of the molecule is CCC1Oc2ccc(C(N)C(F)(F)F)cc2N(C(C)C)C1=O. The number of hydrogen-bond donors (Lipinski definition) is 1. The molecule has 7 heteroatoms. The van der Waals surface area contributed by atoms with E-state index in [0.717, 1.165) is 0 Å². The molecule has 0 saturated carbocycles. The van der Waals surface area contributed by atoms with Crippen molar-refractivity contribution in [3.05, 3.63) is 23.8 Å². The van der Waals surface area contributed by atoms with Crippen LogP contribution in [0.5, 0.6) is 5.75 Å². The first kappa shape index (κ1) is 16.6. The monoisotopic (exact) mass is 316 g/mol. The van der Waals surface area contributed by atoms with Gasteiger partial charge in [-0.3, -0.25) is 4.79 Å². The van der Waals surface area contributed by atoms with Crippen molar-refractivity contribution in [2.45, 2.75) is 51.6 Å². The standard InChI is InChI=1S/C15H19F3N2O2/c1-4-11-14(21)20(8(2)3)10-7-9(5-6-12(10)22-11)13(19)15(16,17)18/h5-8,11,13H,4,19H2,1-3H3. The van der Waals surface area contributed by atoms with Crippen LogP contribution in [0.4, 0.5) is 18.9 Å². The van der Waals surface area contributed by atoms with Crippen LogP contribution in [0.3, 0.4) is 0 Å². The van der Waals surface area contributed by atoms with Gasteiger partial charge in [-0.25, -0.2) is 0 Å². The second-order valence-electron chi connectivity index (χ2n) is 5.56. The summed E-state index contributed by atoms with van der Waals surface area (Å²) < 4.78 is 43.9. The fourth-order valence-electron chi connectivity index (χ4n) is 2.47. The van der Waals surface area contributed by atoms with E-state index in [1.807, 2.05) is 6.92 Å². The van der Waals surface area contributed by atoms with E-state index in [0.29, 0.717) is 17.9 Å². The molecule has 2 N–H and O–H groups in total. The lowest BCUT2D eigenvalue weighted by Crippen LogP contribution is -2.49. The van der Waals surface area contributed by atoms with Crippen LogP contribution in [-0.4, -0.2) is 24.2 Å². The quantitative estimate of drug-likeness (QED) is 0.932. The van der Waals surface area contributed by atoms with Gasteiger partial charge in [0.2, 0.25) is 0 Å². The molecule has 2 unspecified atom stereocenters. The molecule has 0 spiro atoms. The smallest absolute Gasteiger partial charge is 0.407 e. The maximum Gasteiger partial charge on any atom is 0.407 e. The summed E-state index contributed by atoms with van der Waals surface area (Å²) in [5.74, 6) is 0.154. The molecule has 4 nitrogen and oxygen atoms in total. The minimum absolute atomic E-state index is 0.0942. The third-order valence-corrected chi connectivity index (χ3v) is 3.62. The Bertz CT molecular complexity index is 572. The molecule has 1 aromatic rings. The Hall–Kier alpha value is -1.76. The molecular weight excluding hydrogens is 297 g/mol. The van der Waals surface area contributed by atoms with E-state index < -0.39 is 18.3 Å². The zero-order chi connectivity index (χ0) is 16.7. The molecule has 0 saturated heterocycles. The number of rotatable bonds is 3. The van der Waals surface area contributed by atoms with E-state index >= 15 is 0 Å². The maximum absolute atomic E-state index is 12.8. The van der Waals surface area contributed by atoms with E-state index in [1.54, 1.807) is 13.8 Å². The Kier molecular flexibility index (Phi) is 4.37. The number of nitrogens with zero attached hydrogens (tertiary/aromatic N) is 1. The number of fused-ring (bicyclic) bond motifs is 1. The first-order valence-corrected chi connectivity index (χ1v) is 7.12. The predicted molar refractivity (Wildman–Crippen MR) is 76.8 cm³/mol. The van der Waals surface area contributed by atoms with Crippen molar-refractivity contribution in [3.8, 4) is 5.75 Å². The van der Waals surface area contributed by atoms with Gasteiger partial charge in [-0.1, -0.05) is 13.0 Å².